The van der Waals surface area contributed by atoms with E-state index in [9.17, 15) is 23.2 Å². The summed E-state index contributed by atoms with van der Waals surface area (Å²) < 4.78 is 35.0. The first kappa shape index (κ1) is 27.6. The predicted octanol–water partition coefficient (Wildman–Crippen LogP) is 1.28. The second kappa shape index (κ2) is 10.9. The molecule has 1 aromatic carbocycles. The number of sulfonamides is 1. The lowest BCUT2D eigenvalue weighted by atomic mass is 10.1. The molecule has 0 bridgehead atoms. The van der Waals surface area contributed by atoms with Gasteiger partial charge >= 0.3 is 0 Å². The van der Waals surface area contributed by atoms with Gasteiger partial charge in [0, 0.05) is 32.2 Å². The Hall–Kier alpha value is -3.00. The van der Waals surface area contributed by atoms with Crippen molar-refractivity contribution in [1.82, 2.24) is 19.4 Å². The number of nitrogens with two attached hydrogens (primary N) is 1. The van der Waals surface area contributed by atoms with Crippen molar-refractivity contribution >= 4 is 27.5 Å². The highest BCUT2D eigenvalue weighted by molar-refractivity contribution is 7.89. The number of benzene rings is 1. The molecule has 3 rings (SSSR count). The van der Waals surface area contributed by atoms with Gasteiger partial charge < -0.3 is 15.8 Å². The Bertz CT molecular complexity index is 1230. The van der Waals surface area contributed by atoms with Crippen LogP contribution in [-0.4, -0.2) is 71.3 Å². The van der Waals surface area contributed by atoms with Crippen molar-refractivity contribution in [2.75, 3.05) is 24.8 Å². The van der Waals surface area contributed by atoms with E-state index in [-0.39, 0.29) is 59.4 Å². The van der Waals surface area contributed by atoms with Gasteiger partial charge in [0.2, 0.25) is 10.0 Å². The maximum atomic E-state index is 13.5. The highest BCUT2D eigenvalue weighted by Crippen LogP contribution is 2.31. The molecule has 12 nitrogen and oxygen atoms in total. The van der Waals surface area contributed by atoms with Crippen LogP contribution in [0.1, 0.15) is 60.7 Å². The summed E-state index contributed by atoms with van der Waals surface area (Å²) in [6.45, 7) is 8.13. The van der Waals surface area contributed by atoms with Crippen LogP contribution in [-0.2, 0) is 23.5 Å². The summed E-state index contributed by atoms with van der Waals surface area (Å²) >= 11 is 0. The van der Waals surface area contributed by atoms with Crippen LogP contribution in [0.3, 0.4) is 0 Å². The number of hydrogen-bond donors (Lipinski definition) is 3. The van der Waals surface area contributed by atoms with Crippen LogP contribution in [0.25, 0.3) is 0 Å². The summed E-state index contributed by atoms with van der Waals surface area (Å²) in [7, 11) is -2.46. The Morgan fingerprint density at radius 2 is 1.89 bits per heavy atom. The van der Waals surface area contributed by atoms with Gasteiger partial charge in [-0.2, -0.15) is 14.5 Å². The highest BCUT2D eigenvalue weighted by Gasteiger charge is 2.34. The largest absolute Gasteiger partial charge is 0.493 e. The minimum Gasteiger partial charge on any atom is -0.493 e. The fraction of sp³-hybridized carbons (Fsp3) is 0.522. The van der Waals surface area contributed by atoms with E-state index in [1.165, 1.54) is 34.2 Å². The molecule has 0 spiro atoms. The van der Waals surface area contributed by atoms with Gasteiger partial charge in [0.1, 0.15) is 11.4 Å². The molecule has 198 valence electrons. The molecular formula is C23H34N6O6S. The lowest BCUT2D eigenvalue weighted by Crippen LogP contribution is -2.55. The van der Waals surface area contributed by atoms with E-state index in [2.05, 4.69) is 10.4 Å². The first-order valence-corrected chi connectivity index (χ1v) is 13.3. The smallest absolute Gasteiger partial charge is 0.285 e. The summed E-state index contributed by atoms with van der Waals surface area (Å²) in [5, 5.41) is 18.8. The number of nitrogens with one attached hydrogen (secondary N) is 1. The molecule has 36 heavy (non-hydrogen) atoms. The summed E-state index contributed by atoms with van der Waals surface area (Å²) in [5.41, 5.74) is 5.33. The molecular weight excluding hydrogens is 488 g/mol. The second-order valence-electron chi connectivity index (χ2n) is 8.88. The van der Waals surface area contributed by atoms with Crippen molar-refractivity contribution in [2.24, 2.45) is 12.8 Å². The molecule has 2 amide bonds. The molecule has 2 unspecified atom stereocenters. The molecule has 1 fully saturated rings. The van der Waals surface area contributed by atoms with E-state index in [1.807, 2.05) is 20.8 Å². The quantitative estimate of drug-likeness (QED) is 0.328. The SMILES string of the molecule is CCCc1nn(C)c(C(N)=O)c1N(O)C(=O)c1cc(S(=O)(=O)N2CC(C)NC(C)C2)ccc1OCC. The fourth-order valence-corrected chi connectivity index (χ4v) is 6.07. The van der Waals surface area contributed by atoms with Crippen molar-refractivity contribution in [1.29, 1.82) is 0 Å². The Labute approximate surface area is 211 Å². The molecule has 2 heterocycles. The minimum absolute atomic E-state index is 0.0463. The van der Waals surface area contributed by atoms with Crippen LogP contribution < -0.4 is 20.9 Å². The topological polar surface area (TPSA) is 160 Å². The molecule has 0 aliphatic carbocycles. The number of piperazine rings is 1. The molecule has 1 saturated heterocycles. The number of hydrogen-bond acceptors (Lipinski definition) is 8. The molecule has 1 aliphatic heterocycles. The zero-order chi connectivity index (χ0) is 26.8. The maximum absolute atomic E-state index is 13.5. The average molecular weight is 523 g/mol. The predicted molar refractivity (Wildman–Crippen MR) is 133 cm³/mol. The second-order valence-corrected chi connectivity index (χ2v) is 10.8. The number of ether oxygens (including phenoxy) is 1. The van der Waals surface area contributed by atoms with Crippen molar-refractivity contribution in [3.8, 4) is 5.75 Å². The summed E-state index contributed by atoms with van der Waals surface area (Å²) in [4.78, 5) is 25.5. The number of carbonyl (C=O) groups excluding carboxylic acids is 2. The van der Waals surface area contributed by atoms with Crippen LogP contribution in [0.4, 0.5) is 5.69 Å². The molecule has 0 radical (unpaired) electrons. The first-order valence-electron chi connectivity index (χ1n) is 11.8. The highest BCUT2D eigenvalue weighted by atomic mass is 32.2. The van der Waals surface area contributed by atoms with Gasteiger partial charge in [0.15, 0.2) is 5.69 Å². The Morgan fingerprint density at radius 1 is 1.25 bits per heavy atom. The average Bonchev–Trinajstić information content (AvgIpc) is 3.14. The summed E-state index contributed by atoms with van der Waals surface area (Å²) in [6, 6.07) is 3.85. The molecule has 4 N–H and O–H groups in total. The van der Waals surface area contributed by atoms with Crippen molar-refractivity contribution in [3.05, 3.63) is 35.2 Å². The van der Waals surface area contributed by atoms with Crippen LogP contribution >= 0.6 is 0 Å². The van der Waals surface area contributed by atoms with Crippen LogP contribution in [0.5, 0.6) is 5.75 Å². The van der Waals surface area contributed by atoms with Gasteiger partial charge in [-0.05, 0) is 45.4 Å². The molecule has 2 aromatic rings. The molecule has 2 atom stereocenters. The van der Waals surface area contributed by atoms with Crippen LogP contribution in [0, 0.1) is 0 Å². The fourth-order valence-electron chi connectivity index (χ4n) is 4.43. The Balaban J connectivity index is 2.09. The Morgan fingerprint density at radius 3 is 2.44 bits per heavy atom. The first-order chi connectivity index (χ1) is 16.9. The zero-order valence-electron chi connectivity index (χ0n) is 21.2. The number of amides is 2. The number of hydroxylamine groups is 1. The number of carbonyl (C=O) groups is 2. The van der Waals surface area contributed by atoms with E-state index in [4.69, 9.17) is 10.5 Å². The number of aromatic nitrogens is 2. The molecule has 0 saturated carbocycles. The number of rotatable bonds is 9. The summed E-state index contributed by atoms with van der Waals surface area (Å²) in [6.07, 6.45) is 0.997. The van der Waals surface area contributed by atoms with Gasteiger partial charge in [-0.15, -0.1) is 0 Å². The van der Waals surface area contributed by atoms with Crippen LogP contribution in [0.15, 0.2) is 23.1 Å². The maximum Gasteiger partial charge on any atom is 0.285 e. The molecule has 13 heteroatoms. The Kier molecular flexibility index (Phi) is 8.39. The van der Waals surface area contributed by atoms with Crippen molar-refractivity contribution in [3.63, 3.8) is 0 Å². The lowest BCUT2D eigenvalue weighted by Gasteiger charge is -2.35. The van der Waals surface area contributed by atoms with Crippen molar-refractivity contribution in [2.45, 2.75) is 57.5 Å². The number of primary amides is 1. The van der Waals surface area contributed by atoms with E-state index in [1.54, 1.807) is 6.92 Å². The van der Waals surface area contributed by atoms with E-state index in [0.717, 1.165) is 0 Å². The molecule has 1 aromatic heterocycles. The van der Waals surface area contributed by atoms with E-state index < -0.39 is 21.8 Å². The van der Waals surface area contributed by atoms with Gasteiger partial charge in [-0.3, -0.25) is 19.5 Å². The van der Waals surface area contributed by atoms with Gasteiger partial charge in [-0.25, -0.2) is 8.42 Å². The third kappa shape index (κ3) is 5.38. The van der Waals surface area contributed by atoms with Crippen molar-refractivity contribution < 1.29 is 28.0 Å². The number of aryl methyl sites for hydroxylation is 2. The number of nitrogens with zero attached hydrogens (tertiary/aromatic N) is 4. The molecule has 1 aliphatic rings. The monoisotopic (exact) mass is 522 g/mol. The van der Waals surface area contributed by atoms with Gasteiger partial charge in [-0.1, -0.05) is 13.3 Å². The standard InChI is InChI=1S/C23H34N6O6S/c1-6-8-18-20(21(22(24)30)27(5)26-18)29(32)23(31)17-11-16(9-10-19(17)35-7-2)36(33,34)28-12-14(3)25-15(4)13-28/h9-11,14-15,25,32H,6-8,12-13H2,1-5H3,(H2,24,30). The van der Waals surface area contributed by atoms with E-state index >= 15 is 0 Å². The number of anilines is 1. The van der Waals surface area contributed by atoms with Gasteiger partial charge in [0.25, 0.3) is 11.8 Å². The van der Waals surface area contributed by atoms with Crippen LogP contribution in [0.2, 0.25) is 0 Å². The third-order valence-electron chi connectivity index (χ3n) is 5.86. The van der Waals surface area contributed by atoms with Gasteiger partial charge in [0.05, 0.1) is 22.8 Å². The third-order valence-corrected chi connectivity index (χ3v) is 7.69. The normalized spacial score (nSPS) is 18.7. The van der Waals surface area contributed by atoms with E-state index in [0.29, 0.717) is 23.6 Å². The zero-order valence-corrected chi connectivity index (χ0v) is 22.0. The lowest BCUT2D eigenvalue weighted by molar-refractivity contribution is 0.0848. The minimum atomic E-state index is -3.95. The summed E-state index contributed by atoms with van der Waals surface area (Å²) in [5.74, 6) is -1.77.